The maximum Gasteiger partial charge on any atom is 0.335 e. The van der Waals surface area contributed by atoms with Crippen molar-refractivity contribution >= 4 is 23.9 Å². The molecule has 7 heteroatoms. The van der Waals surface area contributed by atoms with Crippen LogP contribution in [-0.4, -0.2) is 40.1 Å². The summed E-state index contributed by atoms with van der Waals surface area (Å²) in [5, 5.41) is 31.0. The number of carbonyl (C=O) groups is 2. The molecule has 7 nitrogen and oxygen atoms in total. The number of rotatable bonds is 6. The third-order valence-corrected chi connectivity index (χ3v) is 4.45. The van der Waals surface area contributed by atoms with Gasteiger partial charge in [0.2, 0.25) is 0 Å². The summed E-state index contributed by atoms with van der Waals surface area (Å²) in [6.07, 6.45) is 3.62. The molecule has 1 aliphatic rings. The van der Waals surface area contributed by atoms with E-state index in [1.807, 2.05) is 0 Å². The lowest BCUT2D eigenvalue weighted by Gasteiger charge is -2.35. The number of aliphatic hydroxyl groups excluding tert-OH is 1. The second-order valence-electron chi connectivity index (χ2n) is 6.16. The summed E-state index contributed by atoms with van der Waals surface area (Å²) in [6, 6.07) is 12.8. The molecule has 0 bridgehead atoms. The highest BCUT2D eigenvalue weighted by Crippen LogP contribution is 2.30. The zero-order valence-electron chi connectivity index (χ0n) is 14.3. The predicted octanol–water partition coefficient (Wildman–Crippen LogP) is 2.33. The Hall–Kier alpha value is -3.45. The Bertz CT molecular complexity index is 916. The maximum absolute atomic E-state index is 11.1. The first-order chi connectivity index (χ1) is 12.9. The molecule has 0 saturated carbocycles. The molecule has 0 amide bonds. The minimum absolute atomic E-state index is 0.106. The summed E-state index contributed by atoms with van der Waals surface area (Å²) >= 11 is 0. The van der Waals surface area contributed by atoms with Crippen LogP contribution in [0.1, 0.15) is 38.3 Å². The normalized spacial score (nSPS) is 18.5. The molecule has 1 aliphatic heterocycles. The summed E-state index contributed by atoms with van der Waals surface area (Å²) in [5.74, 6) is -2.01. The first kappa shape index (κ1) is 18.3. The lowest BCUT2D eigenvalue weighted by Crippen LogP contribution is -2.45. The summed E-state index contributed by atoms with van der Waals surface area (Å²) in [6.45, 7) is -0.106. The van der Waals surface area contributed by atoms with Crippen molar-refractivity contribution in [1.82, 2.24) is 5.32 Å². The second-order valence-corrected chi connectivity index (χ2v) is 6.16. The largest absolute Gasteiger partial charge is 0.478 e. The Morgan fingerprint density at radius 3 is 2.00 bits per heavy atom. The number of nitrogens with zero attached hydrogens (tertiary/aromatic N) is 1. The van der Waals surface area contributed by atoms with Crippen molar-refractivity contribution in [3.8, 4) is 0 Å². The van der Waals surface area contributed by atoms with Gasteiger partial charge in [0.05, 0.1) is 23.0 Å². The highest BCUT2D eigenvalue weighted by atomic mass is 16.4. The van der Waals surface area contributed by atoms with E-state index in [4.69, 9.17) is 10.2 Å². The van der Waals surface area contributed by atoms with Crippen molar-refractivity contribution in [2.75, 3.05) is 6.61 Å². The average molecular weight is 366 g/mol. The van der Waals surface area contributed by atoms with Gasteiger partial charge in [-0.05, 0) is 35.4 Å². The van der Waals surface area contributed by atoms with E-state index in [-0.39, 0.29) is 17.7 Å². The van der Waals surface area contributed by atoms with Crippen LogP contribution in [0.3, 0.4) is 0 Å². The molecule has 0 aromatic heterocycles. The van der Waals surface area contributed by atoms with Gasteiger partial charge < -0.3 is 20.6 Å². The smallest absolute Gasteiger partial charge is 0.335 e. The second kappa shape index (κ2) is 7.43. The van der Waals surface area contributed by atoms with Crippen LogP contribution in [0.15, 0.2) is 59.7 Å². The molecule has 4 N–H and O–H groups in total. The molecule has 2 aromatic rings. The number of benzene rings is 2. The van der Waals surface area contributed by atoms with Crippen LogP contribution in [0.25, 0.3) is 5.70 Å². The van der Waals surface area contributed by atoms with Gasteiger partial charge in [0.25, 0.3) is 0 Å². The predicted molar refractivity (Wildman–Crippen MR) is 99.8 cm³/mol. The number of aliphatic hydroxyl groups is 1. The Balaban J connectivity index is 1.93. The topological polar surface area (TPSA) is 119 Å². The molecule has 0 radical (unpaired) electrons. The zero-order valence-corrected chi connectivity index (χ0v) is 14.3. The van der Waals surface area contributed by atoms with E-state index in [9.17, 15) is 14.7 Å². The fourth-order valence-electron chi connectivity index (χ4n) is 2.99. The lowest BCUT2D eigenvalue weighted by molar-refractivity contribution is 0.0686. The fraction of sp³-hybridized carbons (Fsp3) is 0.150. The van der Waals surface area contributed by atoms with Crippen molar-refractivity contribution in [1.29, 1.82) is 0 Å². The monoisotopic (exact) mass is 366 g/mol. The Kier molecular flexibility index (Phi) is 5.05. The number of carboxylic acid groups (broad SMARTS) is 2. The van der Waals surface area contributed by atoms with E-state index in [1.54, 1.807) is 36.7 Å². The van der Waals surface area contributed by atoms with Gasteiger partial charge in [-0.3, -0.25) is 4.99 Å². The van der Waals surface area contributed by atoms with Crippen LogP contribution < -0.4 is 5.32 Å². The van der Waals surface area contributed by atoms with Crippen molar-refractivity contribution in [2.45, 2.75) is 12.0 Å². The number of carboxylic acids is 2. The van der Waals surface area contributed by atoms with Crippen LogP contribution in [0.5, 0.6) is 0 Å². The third-order valence-electron chi connectivity index (χ3n) is 4.45. The summed E-state index contributed by atoms with van der Waals surface area (Å²) in [7, 11) is 0. The van der Waals surface area contributed by atoms with Gasteiger partial charge in [-0.1, -0.05) is 24.3 Å². The number of nitrogens with one attached hydrogen (secondary N) is 1. The van der Waals surface area contributed by atoms with Gasteiger partial charge >= 0.3 is 11.9 Å². The van der Waals surface area contributed by atoms with E-state index in [0.29, 0.717) is 12.1 Å². The van der Waals surface area contributed by atoms with Crippen molar-refractivity contribution in [3.63, 3.8) is 0 Å². The first-order valence-electron chi connectivity index (χ1n) is 8.26. The number of hydrogen-bond acceptors (Lipinski definition) is 5. The van der Waals surface area contributed by atoms with E-state index in [2.05, 4.69) is 10.3 Å². The van der Waals surface area contributed by atoms with Crippen molar-refractivity contribution in [2.24, 2.45) is 4.99 Å². The first-order valence-corrected chi connectivity index (χ1v) is 8.26. The maximum atomic E-state index is 11.1. The van der Waals surface area contributed by atoms with E-state index >= 15 is 0 Å². The quantitative estimate of drug-likeness (QED) is 0.623. The molecule has 0 fully saturated rings. The third kappa shape index (κ3) is 3.73. The van der Waals surface area contributed by atoms with E-state index in [1.165, 1.54) is 24.3 Å². The van der Waals surface area contributed by atoms with Crippen LogP contribution in [0.2, 0.25) is 0 Å². The fourth-order valence-corrected chi connectivity index (χ4v) is 2.99. The zero-order chi connectivity index (χ0) is 19.4. The standard InChI is InChI=1S/C20H18N2O5/c23-10-9-20(16-7-5-15(6-8-16)19(26)27)12-21-11-17(22-20)13-1-3-14(4-2-13)18(24)25/h1-8,11-12,22-23H,9-10H2,(H,24,25)(H,26,27). The highest BCUT2D eigenvalue weighted by Gasteiger charge is 2.32. The van der Waals surface area contributed by atoms with Crippen molar-refractivity contribution in [3.05, 3.63) is 77.0 Å². The lowest BCUT2D eigenvalue weighted by atomic mass is 9.85. The molecule has 0 aliphatic carbocycles. The number of aromatic carboxylic acids is 2. The molecule has 3 rings (SSSR count). The van der Waals surface area contributed by atoms with Crippen LogP contribution in [0, 0.1) is 0 Å². The van der Waals surface area contributed by atoms with Gasteiger partial charge in [-0.15, -0.1) is 0 Å². The van der Waals surface area contributed by atoms with E-state index in [0.717, 1.165) is 11.1 Å². The minimum Gasteiger partial charge on any atom is -0.478 e. The molecular formula is C20H18N2O5. The van der Waals surface area contributed by atoms with Gasteiger partial charge in [-0.2, -0.15) is 0 Å². The summed E-state index contributed by atoms with van der Waals surface area (Å²) < 4.78 is 0. The molecule has 1 atom stereocenters. The van der Waals surface area contributed by atoms with Gasteiger partial charge in [0.15, 0.2) is 0 Å². The van der Waals surface area contributed by atoms with Crippen LogP contribution in [0.4, 0.5) is 0 Å². The van der Waals surface area contributed by atoms with Crippen LogP contribution in [-0.2, 0) is 5.54 Å². The molecule has 1 unspecified atom stereocenters. The molecule has 138 valence electrons. The molecule has 0 spiro atoms. The number of hydrogen-bond donors (Lipinski definition) is 4. The average Bonchev–Trinajstić information content (AvgIpc) is 2.68. The summed E-state index contributed by atoms with van der Waals surface area (Å²) in [5.41, 5.74) is 1.74. The van der Waals surface area contributed by atoms with Crippen molar-refractivity contribution < 1.29 is 24.9 Å². The Labute approximate surface area is 155 Å². The minimum atomic E-state index is -1.01. The highest BCUT2D eigenvalue weighted by molar-refractivity contribution is 5.89. The molecule has 0 saturated heterocycles. The summed E-state index contributed by atoms with van der Waals surface area (Å²) in [4.78, 5) is 26.4. The Morgan fingerprint density at radius 1 is 0.926 bits per heavy atom. The molecule has 27 heavy (non-hydrogen) atoms. The Morgan fingerprint density at radius 2 is 1.48 bits per heavy atom. The van der Waals surface area contributed by atoms with Gasteiger partial charge in [0, 0.05) is 19.2 Å². The molecule has 2 aromatic carbocycles. The van der Waals surface area contributed by atoms with Gasteiger partial charge in [-0.25, -0.2) is 9.59 Å². The van der Waals surface area contributed by atoms with Crippen LogP contribution >= 0.6 is 0 Å². The SMILES string of the molecule is O=C(O)c1ccc(C2=CN=CC(CCO)(c3ccc(C(=O)O)cc3)N2)cc1. The van der Waals surface area contributed by atoms with Gasteiger partial charge in [0.1, 0.15) is 5.54 Å². The van der Waals surface area contributed by atoms with E-state index < -0.39 is 17.5 Å². The number of aliphatic imine (C=N–C) groups is 1. The molecular weight excluding hydrogens is 348 g/mol. The molecule has 1 heterocycles.